The maximum atomic E-state index is 12.8. The van der Waals surface area contributed by atoms with E-state index < -0.39 is 5.97 Å². The van der Waals surface area contributed by atoms with Crippen molar-refractivity contribution in [2.75, 3.05) is 13.1 Å². The van der Waals surface area contributed by atoms with Gasteiger partial charge in [0, 0.05) is 25.1 Å². The van der Waals surface area contributed by atoms with Crippen LogP contribution in [0, 0.1) is 12.8 Å². The van der Waals surface area contributed by atoms with Gasteiger partial charge in [-0.25, -0.2) is 9.67 Å². The summed E-state index contributed by atoms with van der Waals surface area (Å²) in [6.07, 6.45) is 5.74. The lowest BCUT2D eigenvalue weighted by Gasteiger charge is -2.21. The maximum absolute atomic E-state index is 12.8. The Morgan fingerprint density at radius 3 is 2.80 bits per heavy atom. The van der Waals surface area contributed by atoms with E-state index in [1.165, 1.54) is 6.33 Å². The molecule has 1 atom stereocenters. The van der Waals surface area contributed by atoms with Crippen molar-refractivity contribution in [1.82, 2.24) is 19.7 Å². The number of nitrogens with zero attached hydrogens (tertiary/aromatic N) is 4. The molecule has 2 aromatic rings. The summed E-state index contributed by atoms with van der Waals surface area (Å²) in [5, 5.41) is 13.1. The predicted molar refractivity (Wildman–Crippen MR) is 91.6 cm³/mol. The second-order valence-electron chi connectivity index (χ2n) is 6.53. The Morgan fingerprint density at radius 1 is 1.28 bits per heavy atom. The zero-order valence-electron chi connectivity index (χ0n) is 14.3. The van der Waals surface area contributed by atoms with Crippen LogP contribution in [-0.4, -0.2) is 49.7 Å². The van der Waals surface area contributed by atoms with Gasteiger partial charge in [-0.1, -0.05) is 0 Å². The number of aliphatic carboxylic acids is 1. The van der Waals surface area contributed by atoms with E-state index in [9.17, 15) is 9.59 Å². The van der Waals surface area contributed by atoms with Crippen LogP contribution >= 0.6 is 0 Å². The molecule has 1 aromatic heterocycles. The standard InChI is InChI=1S/C18H22N4O3/c1-13-9-15(4-5-16(13)22-12-19-11-20-22)18(25)21-7-2-3-14(6-8-21)10-17(23)24/h4-5,9,11-12,14H,2-3,6-8,10H2,1H3,(H,23,24). The van der Waals surface area contributed by atoms with Crippen molar-refractivity contribution < 1.29 is 14.7 Å². The fourth-order valence-electron chi connectivity index (χ4n) is 3.38. The number of hydrogen-bond donors (Lipinski definition) is 1. The molecule has 1 saturated heterocycles. The van der Waals surface area contributed by atoms with Gasteiger partial charge in [0.25, 0.3) is 5.91 Å². The number of carbonyl (C=O) groups excluding carboxylic acids is 1. The minimum absolute atomic E-state index is 0.00390. The van der Waals surface area contributed by atoms with Gasteiger partial charge in [-0.05, 0) is 55.9 Å². The molecule has 1 aliphatic heterocycles. The monoisotopic (exact) mass is 342 g/mol. The lowest BCUT2D eigenvalue weighted by atomic mass is 9.97. The first-order valence-corrected chi connectivity index (χ1v) is 8.51. The average molecular weight is 342 g/mol. The normalized spacial score (nSPS) is 18.0. The third kappa shape index (κ3) is 4.04. The first kappa shape index (κ1) is 17.1. The van der Waals surface area contributed by atoms with E-state index in [-0.39, 0.29) is 18.2 Å². The molecule has 0 saturated carbocycles. The van der Waals surface area contributed by atoms with Crippen LogP contribution in [0.3, 0.4) is 0 Å². The highest BCUT2D eigenvalue weighted by Crippen LogP contribution is 2.23. The summed E-state index contributed by atoms with van der Waals surface area (Å²) < 4.78 is 1.67. The molecule has 1 amide bonds. The highest BCUT2D eigenvalue weighted by atomic mass is 16.4. The van der Waals surface area contributed by atoms with Crippen molar-refractivity contribution in [3.63, 3.8) is 0 Å². The number of aromatic nitrogens is 3. The SMILES string of the molecule is Cc1cc(C(=O)N2CCCC(CC(=O)O)CC2)ccc1-n1cncn1. The molecule has 7 nitrogen and oxygen atoms in total. The summed E-state index contributed by atoms with van der Waals surface area (Å²) in [6, 6.07) is 5.56. The van der Waals surface area contributed by atoms with Gasteiger partial charge in [-0.3, -0.25) is 9.59 Å². The molecular weight excluding hydrogens is 320 g/mol. The average Bonchev–Trinajstić information content (AvgIpc) is 3.01. The Morgan fingerprint density at radius 2 is 2.12 bits per heavy atom. The summed E-state index contributed by atoms with van der Waals surface area (Å²) in [6.45, 7) is 3.23. The Bertz CT molecular complexity index is 758. The molecule has 3 rings (SSSR count). The molecule has 7 heteroatoms. The van der Waals surface area contributed by atoms with E-state index >= 15 is 0 Å². The number of hydrogen-bond acceptors (Lipinski definition) is 4. The van der Waals surface area contributed by atoms with Crippen LogP contribution in [0.5, 0.6) is 0 Å². The lowest BCUT2D eigenvalue weighted by Crippen LogP contribution is -2.32. The van der Waals surface area contributed by atoms with Crippen LogP contribution in [0.2, 0.25) is 0 Å². The van der Waals surface area contributed by atoms with E-state index in [2.05, 4.69) is 10.1 Å². The number of carbonyl (C=O) groups is 2. The van der Waals surface area contributed by atoms with Gasteiger partial charge in [0.15, 0.2) is 0 Å². The van der Waals surface area contributed by atoms with Crippen molar-refractivity contribution in [3.05, 3.63) is 42.0 Å². The fraction of sp³-hybridized carbons (Fsp3) is 0.444. The van der Waals surface area contributed by atoms with Gasteiger partial charge < -0.3 is 10.0 Å². The maximum Gasteiger partial charge on any atom is 0.303 e. The molecular formula is C18H22N4O3. The van der Waals surface area contributed by atoms with Crippen LogP contribution < -0.4 is 0 Å². The minimum atomic E-state index is -0.760. The number of amides is 1. The van der Waals surface area contributed by atoms with E-state index in [1.54, 1.807) is 11.0 Å². The molecule has 25 heavy (non-hydrogen) atoms. The van der Waals surface area contributed by atoms with Crippen LogP contribution in [-0.2, 0) is 4.79 Å². The van der Waals surface area contributed by atoms with Crippen LogP contribution in [0.15, 0.2) is 30.9 Å². The van der Waals surface area contributed by atoms with Gasteiger partial charge in [-0.2, -0.15) is 5.10 Å². The molecule has 132 valence electrons. The largest absolute Gasteiger partial charge is 0.481 e. The zero-order valence-corrected chi connectivity index (χ0v) is 14.3. The quantitative estimate of drug-likeness (QED) is 0.921. The molecule has 2 heterocycles. The molecule has 0 aliphatic carbocycles. The molecule has 0 bridgehead atoms. The first-order chi connectivity index (χ1) is 12.0. The summed E-state index contributed by atoms with van der Waals surface area (Å²) in [5.74, 6) is -0.597. The zero-order chi connectivity index (χ0) is 17.8. The Labute approximate surface area is 146 Å². The van der Waals surface area contributed by atoms with E-state index in [0.29, 0.717) is 18.7 Å². The molecule has 1 aromatic carbocycles. The van der Waals surface area contributed by atoms with Gasteiger partial charge >= 0.3 is 5.97 Å². The Balaban J connectivity index is 1.70. The highest BCUT2D eigenvalue weighted by molar-refractivity contribution is 5.94. The highest BCUT2D eigenvalue weighted by Gasteiger charge is 2.23. The number of benzene rings is 1. The van der Waals surface area contributed by atoms with E-state index in [4.69, 9.17) is 5.11 Å². The number of aryl methyl sites for hydroxylation is 1. The van der Waals surface area contributed by atoms with Crippen molar-refractivity contribution in [2.45, 2.75) is 32.6 Å². The number of carboxylic acid groups (broad SMARTS) is 1. The third-order valence-corrected chi connectivity index (χ3v) is 4.71. The van der Waals surface area contributed by atoms with Gasteiger partial charge in [0.05, 0.1) is 5.69 Å². The summed E-state index contributed by atoms with van der Waals surface area (Å²) >= 11 is 0. The summed E-state index contributed by atoms with van der Waals surface area (Å²) in [4.78, 5) is 29.5. The summed E-state index contributed by atoms with van der Waals surface area (Å²) in [5.41, 5.74) is 2.50. The minimum Gasteiger partial charge on any atom is -0.481 e. The van der Waals surface area contributed by atoms with Crippen molar-refractivity contribution >= 4 is 11.9 Å². The van der Waals surface area contributed by atoms with Gasteiger partial charge in [0.2, 0.25) is 0 Å². The molecule has 1 aliphatic rings. The second-order valence-corrected chi connectivity index (χ2v) is 6.53. The predicted octanol–water partition coefficient (Wildman–Crippen LogP) is 2.29. The molecule has 0 spiro atoms. The molecule has 1 N–H and O–H groups in total. The van der Waals surface area contributed by atoms with Crippen molar-refractivity contribution in [3.8, 4) is 5.69 Å². The van der Waals surface area contributed by atoms with Gasteiger partial charge in [0.1, 0.15) is 12.7 Å². The molecule has 1 unspecified atom stereocenters. The first-order valence-electron chi connectivity index (χ1n) is 8.51. The van der Waals surface area contributed by atoms with E-state index in [0.717, 1.165) is 30.5 Å². The third-order valence-electron chi connectivity index (χ3n) is 4.71. The lowest BCUT2D eigenvalue weighted by molar-refractivity contribution is -0.138. The topological polar surface area (TPSA) is 88.3 Å². The Hall–Kier alpha value is -2.70. The molecule has 0 radical (unpaired) electrons. The second kappa shape index (κ2) is 7.46. The van der Waals surface area contributed by atoms with Gasteiger partial charge in [-0.15, -0.1) is 0 Å². The number of likely N-dealkylation sites (tertiary alicyclic amines) is 1. The van der Waals surface area contributed by atoms with Crippen molar-refractivity contribution in [1.29, 1.82) is 0 Å². The summed E-state index contributed by atoms with van der Waals surface area (Å²) in [7, 11) is 0. The van der Waals surface area contributed by atoms with Crippen molar-refractivity contribution in [2.24, 2.45) is 5.92 Å². The molecule has 1 fully saturated rings. The van der Waals surface area contributed by atoms with Crippen LogP contribution in [0.25, 0.3) is 5.69 Å². The fourth-order valence-corrected chi connectivity index (χ4v) is 3.38. The number of carboxylic acids is 1. The van der Waals surface area contributed by atoms with Crippen LogP contribution in [0.1, 0.15) is 41.6 Å². The smallest absolute Gasteiger partial charge is 0.303 e. The van der Waals surface area contributed by atoms with Crippen LogP contribution in [0.4, 0.5) is 0 Å². The Kier molecular flexibility index (Phi) is 5.11. The number of rotatable bonds is 4. The van der Waals surface area contributed by atoms with E-state index in [1.807, 2.05) is 30.0 Å².